The summed E-state index contributed by atoms with van der Waals surface area (Å²) in [6.45, 7) is 14.3. The van der Waals surface area contributed by atoms with Gasteiger partial charge in [0.05, 0.1) is 11.7 Å². The van der Waals surface area contributed by atoms with Crippen LogP contribution in [-0.4, -0.2) is 39.9 Å². The summed E-state index contributed by atoms with van der Waals surface area (Å²) in [5, 5.41) is 32.9. The van der Waals surface area contributed by atoms with E-state index in [9.17, 15) is 20.1 Å². The summed E-state index contributed by atoms with van der Waals surface area (Å²) in [6.07, 6.45) is 14.3. The standard InChI is InChI=1S/C30H46O4/c1-21(2)10-7-11-22(3)12-8-13-23(4)26-16-18-30(28(26)33)27(14-9-19-31)25(24(5)20-32)15-17-29(30,6)34/h8,10,12-13,20,26-28,31,33-34H,4,7,9,11,14-19H2,1-3,5-6H3/b13-8+,22-12+,25-24-/t26-,27+,28+,29-,30-/m0/s1. The van der Waals surface area contributed by atoms with E-state index in [4.69, 9.17) is 0 Å². The van der Waals surface area contributed by atoms with Gasteiger partial charge in [-0.25, -0.2) is 0 Å². The zero-order chi connectivity index (χ0) is 25.5. The molecule has 0 amide bonds. The Balaban J connectivity index is 2.28. The van der Waals surface area contributed by atoms with Crippen LogP contribution in [-0.2, 0) is 4.79 Å². The second-order valence-corrected chi connectivity index (χ2v) is 10.9. The largest absolute Gasteiger partial charge is 0.396 e. The quantitative estimate of drug-likeness (QED) is 0.158. The molecular formula is C30H46O4. The minimum Gasteiger partial charge on any atom is -0.396 e. The van der Waals surface area contributed by atoms with Crippen molar-refractivity contribution in [3.63, 3.8) is 0 Å². The first kappa shape index (κ1) is 28.5. The predicted molar refractivity (Wildman–Crippen MR) is 140 cm³/mol. The first-order valence-corrected chi connectivity index (χ1v) is 12.8. The third kappa shape index (κ3) is 6.08. The van der Waals surface area contributed by atoms with Gasteiger partial charge < -0.3 is 15.3 Å². The number of hydrogen-bond acceptors (Lipinski definition) is 4. The molecule has 2 aliphatic rings. The van der Waals surface area contributed by atoms with Crippen molar-refractivity contribution in [1.82, 2.24) is 0 Å². The smallest absolute Gasteiger partial charge is 0.145 e. The number of aldehydes is 1. The number of allylic oxidation sites excluding steroid dienone is 8. The highest BCUT2D eigenvalue weighted by atomic mass is 16.3. The first-order valence-electron chi connectivity index (χ1n) is 12.8. The lowest BCUT2D eigenvalue weighted by Crippen LogP contribution is -2.59. The van der Waals surface area contributed by atoms with E-state index in [0.717, 1.165) is 36.7 Å². The van der Waals surface area contributed by atoms with E-state index >= 15 is 0 Å². The molecule has 0 aliphatic heterocycles. The summed E-state index contributed by atoms with van der Waals surface area (Å²) in [6, 6.07) is 0. The maximum atomic E-state index is 11.7. The molecule has 0 radical (unpaired) electrons. The molecule has 0 bridgehead atoms. The number of aliphatic hydroxyl groups is 3. The molecular weight excluding hydrogens is 424 g/mol. The van der Waals surface area contributed by atoms with Gasteiger partial charge in [0.1, 0.15) is 6.29 Å². The summed E-state index contributed by atoms with van der Waals surface area (Å²) >= 11 is 0. The van der Waals surface area contributed by atoms with Gasteiger partial charge in [-0.3, -0.25) is 4.79 Å². The lowest BCUT2D eigenvalue weighted by molar-refractivity contribution is -0.167. The van der Waals surface area contributed by atoms with Gasteiger partial charge in [-0.1, -0.05) is 47.6 Å². The molecule has 0 heterocycles. The Morgan fingerprint density at radius 1 is 1.21 bits per heavy atom. The van der Waals surface area contributed by atoms with Crippen LogP contribution in [0, 0.1) is 17.3 Å². The Morgan fingerprint density at radius 3 is 2.53 bits per heavy atom. The molecule has 34 heavy (non-hydrogen) atoms. The molecule has 4 nitrogen and oxygen atoms in total. The summed E-state index contributed by atoms with van der Waals surface area (Å²) in [5.74, 6) is -0.280. The van der Waals surface area contributed by atoms with Gasteiger partial charge in [-0.15, -0.1) is 0 Å². The van der Waals surface area contributed by atoms with Crippen LogP contribution in [0.3, 0.4) is 0 Å². The summed E-state index contributed by atoms with van der Waals surface area (Å²) in [7, 11) is 0. The fraction of sp³-hybridized carbons (Fsp3) is 0.633. The van der Waals surface area contributed by atoms with Crippen molar-refractivity contribution in [2.45, 2.75) is 97.7 Å². The fourth-order valence-electron chi connectivity index (χ4n) is 6.29. The van der Waals surface area contributed by atoms with Crippen LogP contribution >= 0.6 is 0 Å². The van der Waals surface area contributed by atoms with Crippen LogP contribution in [0.1, 0.15) is 86.0 Å². The maximum absolute atomic E-state index is 11.7. The molecule has 3 N–H and O–H groups in total. The van der Waals surface area contributed by atoms with Gasteiger partial charge in [0, 0.05) is 17.9 Å². The molecule has 0 aromatic carbocycles. The Kier molecular flexibility index (Phi) is 10.3. The van der Waals surface area contributed by atoms with Crippen LogP contribution < -0.4 is 0 Å². The van der Waals surface area contributed by atoms with Crippen molar-refractivity contribution in [3.8, 4) is 0 Å². The molecule has 4 heteroatoms. The molecule has 2 fully saturated rings. The molecule has 190 valence electrons. The van der Waals surface area contributed by atoms with E-state index in [1.807, 2.05) is 26.0 Å². The van der Waals surface area contributed by atoms with Gasteiger partial charge >= 0.3 is 0 Å². The molecule has 0 saturated heterocycles. The van der Waals surface area contributed by atoms with E-state index in [-0.39, 0.29) is 18.4 Å². The molecule has 2 saturated carbocycles. The van der Waals surface area contributed by atoms with Crippen LogP contribution in [0.2, 0.25) is 0 Å². The van der Waals surface area contributed by atoms with Crippen molar-refractivity contribution >= 4 is 6.29 Å². The monoisotopic (exact) mass is 470 g/mol. The SMILES string of the molecule is C=C(/C=C/C=C(\C)CCC=C(C)C)[C@@H]1CC[C@]2([C@H](CCCO)/C(=C(/C)C=O)CC[C@]2(C)O)[C@@H]1O. The van der Waals surface area contributed by atoms with Gasteiger partial charge in [0.25, 0.3) is 0 Å². The van der Waals surface area contributed by atoms with Crippen LogP contribution in [0.5, 0.6) is 0 Å². The average Bonchev–Trinajstić information content (AvgIpc) is 3.12. The van der Waals surface area contributed by atoms with E-state index in [1.54, 1.807) is 0 Å². The highest BCUT2D eigenvalue weighted by Crippen LogP contribution is 2.62. The van der Waals surface area contributed by atoms with Crippen molar-refractivity contribution in [1.29, 1.82) is 0 Å². The Bertz CT molecular complexity index is 853. The second-order valence-electron chi connectivity index (χ2n) is 10.9. The summed E-state index contributed by atoms with van der Waals surface area (Å²) in [4.78, 5) is 11.7. The van der Waals surface area contributed by atoms with Crippen molar-refractivity contribution in [2.24, 2.45) is 17.3 Å². The van der Waals surface area contributed by atoms with Crippen LogP contribution in [0.15, 0.2) is 58.7 Å². The molecule has 1 spiro atoms. The summed E-state index contributed by atoms with van der Waals surface area (Å²) < 4.78 is 0. The fourth-order valence-corrected chi connectivity index (χ4v) is 6.29. The van der Waals surface area contributed by atoms with E-state index in [0.29, 0.717) is 37.7 Å². The Hall–Kier alpha value is -1.75. The summed E-state index contributed by atoms with van der Waals surface area (Å²) in [5.41, 5.74) is 3.42. The molecule has 0 aromatic heterocycles. The van der Waals surface area contributed by atoms with E-state index < -0.39 is 17.1 Å². The van der Waals surface area contributed by atoms with Gasteiger partial charge in [0.2, 0.25) is 0 Å². The van der Waals surface area contributed by atoms with Crippen molar-refractivity contribution in [2.75, 3.05) is 6.61 Å². The van der Waals surface area contributed by atoms with Gasteiger partial charge in [-0.2, -0.15) is 0 Å². The second kappa shape index (κ2) is 12.3. The zero-order valence-electron chi connectivity index (χ0n) is 21.9. The normalized spacial score (nSPS) is 33.4. The van der Waals surface area contributed by atoms with Crippen molar-refractivity contribution in [3.05, 3.63) is 58.7 Å². The minimum atomic E-state index is -1.06. The van der Waals surface area contributed by atoms with E-state index in [1.165, 1.54) is 11.1 Å². The molecule has 2 rings (SSSR count). The maximum Gasteiger partial charge on any atom is 0.145 e. The van der Waals surface area contributed by atoms with Crippen LogP contribution in [0.4, 0.5) is 0 Å². The van der Waals surface area contributed by atoms with Gasteiger partial charge in [0.15, 0.2) is 0 Å². The predicted octanol–water partition coefficient (Wildman–Crippen LogP) is 6.00. The molecule has 5 atom stereocenters. The van der Waals surface area contributed by atoms with Gasteiger partial charge in [-0.05, 0) is 103 Å². The minimum absolute atomic E-state index is 0.0520. The number of carbonyl (C=O) groups is 1. The Labute approximate surface area is 206 Å². The van der Waals surface area contributed by atoms with E-state index in [2.05, 4.69) is 39.5 Å². The highest BCUT2D eigenvalue weighted by molar-refractivity contribution is 5.74. The third-order valence-corrected chi connectivity index (χ3v) is 8.30. The number of hydrogen-bond donors (Lipinski definition) is 3. The number of rotatable bonds is 10. The first-order chi connectivity index (χ1) is 16.0. The topological polar surface area (TPSA) is 77.8 Å². The van der Waals surface area contributed by atoms with Crippen molar-refractivity contribution < 1.29 is 20.1 Å². The zero-order valence-corrected chi connectivity index (χ0v) is 21.9. The molecule has 0 unspecified atom stereocenters. The third-order valence-electron chi connectivity index (χ3n) is 8.30. The average molecular weight is 471 g/mol. The lowest BCUT2D eigenvalue weighted by Gasteiger charge is -2.55. The molecule has 2 aliphatic carbocycles. The highest BCUT2D eigenvalue weighted by Gasteiger charge is 2.63. The van der Waals surface area contributed by atoms with Crippen LogP contribution in [0.25, 0.3) is 0 Å². The number of carbonyl (C=O) groups excluding carboxylic acids is 1. The lowest BCUT2D eigenvalue weighted by atomic mass is 9.52. The number of aliphatic hydroxyl groups excluding tert-OH is 2. The molecule has 0 aromatic rings. The Morgan fingerprint density at radius 2 is 1.91 bits per heavy atom.